The first-order valence-corrected chi connectivity index (χ1v) is 10.3. The Labute approximate surface area is 169 Å². The maximum Gasteiger partial charge on any atom is 0.158 e. The summed E-state index contributed by atoms with van der Waals surface area (Å²) in [6, 6.07) is 10.6. The van der Waals surface area contributed by atoms with Crippen LogP contribution in [0.25, 0.3) is 10.2 Å². The molecule has 146 valence electrons. The van der Waals surface area contributed by atoms with Crippen molar-refractivity contribution in [1.82, 2.24) is 14.9 Å². The van der Waals surface area contributed by atoms with Gasteiger partial charge in [0.2, 0.25) is 0 Å². The molecule has 6 nitrogen and oxygen atoms in total. The molecule has 1 aliphatic heterocycles. The van der Waals surface area contributed by atoms with E-state index in [1.54, 1.807) is 17.7 Å². The van der Waals surface area contributed by atoms with Gasteiger partial charge in [-0.3, -0.25) is 10.3 Å². The summed E-state index contributed by atoms with van der Waals surface area (Å²) in [6.07, 6.45) is 1.60. The molecule has 0 spiro atoms. The van der Waals surface area contributed by atoms with E-state index in [9.17, 15) is 0 Å². The molecular weight excluding hydrogens is 370 g/mol. The lowest BCUT2D eigenvalue weighted by molar-refractivity contribution is 0.0286. The van der Waals surface area contributed by atoms with E-state index in [-0.39, 0.29) is 6.04 Å². The summed E-state index contributed by atoms with van der Waals surface area (Å²) in [5.41, 5.74) is 6.67. The molecule has 3 aromatic rings. The number of aromatic nitrogens is 2. The largest absolute Gasteiger partial charge is 0.379 e. The fourth-order valence-electron chi connectivity index (χ4n) is 3.66. The second-order valence-corrected chi connectivity index (χ2v) is 8.22. The minimum absolute atomic E-state index is 0.111. The highest BCUT2D eigenvalue weighted by Crippen LogP contribution is 2.32. The zero-order chi connectivity index (χ0) is 19.5. The Morgan fingerprint density at radius 3 is 2.68 bits per heavy atom. The van der Waals surface area contributed by atoms with Gasteiger partial charge in [-0.25, -0.2) is 9.97 Å². The molecule has 1 fully saturated rings. The number of morpholine rings is 1. The Morgan fingerprint density at radius 2 is 1.93 bits per heavy atom. The van der Waals surface area contributed by atoms with Crippen molar-refractivity contribution >= 4 is 33.1 Å². The Balaban J connectivity index is 1.65. The van der Waals surface area contributed by atoms with Crippen molar-refractivity contribution in [2.45, 2.75) is 26.8 Å². The molecule has 1 aromatic carbocycles. The molecule has 28 heavy (non-hydrogen) atoms. The normalized spacial score (nSPS) is 17.0. The van der Waals surface area contributed by atoms with E-state index in [1.165, 1.54) is 16.0 Å². The quantitative estimate of drug-likeness (QED) is 0.519. The highest BCUT2D eigenvalue weighted by atomic mass is 32.1. The van der Waals surface area contributed by atoms with Crippen LogP contribution in [0, 0.1) is 13.8 Å². The van der Waals surface area contributed by atoms with Crippen LogP contribution in [-0.4, -0.2) is 46.9 Å². The number of benzene rings is 1. The van der Waals surface area contributed by atoms with Gasteiger partial charge in [0.05, 0.1) is 30.4 Å². The molecule has 0 unspecified atom stereocenters. The van der Waals surface area contributed by atoms with E-state index in [0.717, 1.165) is 48.0 Å². The van der Waals surface area contributed by atoms with Gasteiger partial charge in [0.15, 0.2) is 5.82 Å². The molecular formula is C21H25N5OS. The van der Waals surface area contributed by atoms with Gasteiger partial charge in [-0.2, -0.15) is 5.10 Å². The van der Waals surface area contributed by atoms with Crippen molar-refractivity contribution in [1.29, 1.82) is 0 Å². The average Bonchev–Trinajstić information content (AvgIpc) is 3.02. The number of anilines is 1. The molecule has 0 radical (unpaired) electrons. The summed E-state index contributed by atoms with van der Waals surface area (Å²) >= 11 is 1.69. The summed E-state index contributed by atoms with van der Waals surface area (Å²) in [4.78, 5) is 13.5. The predicted octanol–water partition coefficient (Wildman–Crippen LogP) is 4.17. The van der Waals surface area contributed by atoms with Crippen LogP contribution in [0.1, 0.15) is 29.0 Å². The van der Waals surface area contributed by atoms with Crippen molar-refractivity contribution < 1.29 is 4.74 Å². The average molecular weight is 396 g/mol. The van der Waals surface area contributed by atoms with Crippen LogP contribution in [0.3, 0.4) is 0 Å². The van der Waals surface area contributed by atoms with Crippen molar-refractivity contribution in [3.8, 4) is 0 Å². The highest BCUT2D eigenvalue weighted by molar-refractivity contribution is 7.18. The van der Waals surface area contributed by atoms with Gasteiger partial charge in [0, 0.05) is 18.0 Å². The van der Waals surface area contributed by atoms with E-state index in [4.69, 9.17) is 9.84 Å². The van der Waals surface area contributed by atoms with Crippen LogP contribution >= 0.6 is 11.3 Å². The molecule has 0 bridgehead atoms. The van der Waals surface area contributed by atoms with Gasteiger partial charge in [0.1, 0.15) is 11.2 Å². The maximum atomic E-state index is 5.55. The number of hydrogen-bond acceptors (Lipinski definition) is 7. The summed E-state index contributed by atoms with van der Waals surface area (Å²) in [5, 5.41) is 5.80. The van der Waals surface area contributed by atoms with Crippen molar-refractivity contribution in [3.05, 3.63) is 52.7 Å². The number of hydrogen-bond donors (Lipinski definition) is 1. The first kappa shape index (κ1) is 19.0. The zero-order valence-corrected chi connectivity index (χ0v) is 17.3. The summed E-state index contributed by atoms with van der Waals surface area (Å²) < 4.78 is 5.55. The molecule has 3 heterocycles. The number of rotatable bonds is 5. The van der Waals surface area contributed by atoms with Crippen LogP contribution in [0.15, 0.2) is 41.8 Å². The van der Waals surface area contributed by atoms with E-state index in [0.29, 0.717) is 0 Å². The number of hydrazone groups is 1. The molecule has 0 saturated carbocycles. The third-order valence-electron chi connectivity index (χ3n) is 5.23. The Bertz CT molecular complexity index is 979. The van der Waals surface area contributed by atoms with E-state index >= 15 is 0 Å². The number of thiophene rings is 1. The van der Waals surface area contributed by atoms with E-state index in [1.807, 2.05) is 6.07 Å². The highest BCUT2D eigenvalue weighted by Gasteiger charge is 2.25. The lowest BCUT2D eigenvalue weighted by atomic mass is 10.0. The molecule has 0 aliphatic carbocycles. The molecule has 1 saturated heterocycles. The van der Waals surface area contributed by atoms with Crippen LogP contribution in [0.2, 0.25) is 0 Å². The molecule has 0 amide bonds. The first-order chi connectivity index (χ1) is 13.6. The maximum absolute atomic E-state index is 5.55. The Morgan fingerprint density at radius 1 is 1.18 bits per heavy atom. The van der Waals surface area contributed by atoms with Crippen molar-refractivity contribution in [2.24, 2.45) is 5.10 Å². The molecule has 1 aliphatic rings. The molecule has 7 heteroatoms. The number of nitrogens with zero attached hydrogens (tertiary/aromatic N) is 4. The monoisotopic (exact) mass is 395 g/mol. The second-order valence-electron chi connectivity index (χ2n) is 7.01. The standard InChI is InChI=1S/C21H25N5OS/c1-14-16(3)28-21-18(14)20(22-13-23-21)25-24-15(2)19(17-7-5-4-6-8-17)26-9-11-27-12-10-26/h4-8,13,19H,9-12H2,1-3H3,(H,22,23,25)/b24-15-/t19-/m1/s1. The first-order valence-electron chi connectivity index (χ1n) is 9.53. The number of ether oxygens (including phenoxy) is 1. The van der Waals surface area contributed by atoms with Gasteiger partial charge in [-0.05, 0) is 31.9 Å². The predicted molar refractivity (Wildman–Crippen MR) is 115 cm³/mol. The summed E-state index contributed by atoms with van der Waals surface area (Å²) in [7, 11) is 0. The minimum Gasteiger partial charge on any atom is -0.379 e. The fourth-order valence-corrected chi connectivity index (χ4v) is 4.65. The minimum atomic E-state index is 0.111. The Hall–Kier alpha value is -2.35. The number of aryl methyl sites for hydroxylation is 2. The second kappa shape index (κ2) is 8.34. The number of fused-ring (bicyclic) bond motifs is 1. The lowest BCUT2D eigenvalue weighted by Crippen LogP contribution is -2.41. The van der Waals surface area contributed by atoms with Gasteiger partial charge < -0.3 is 4.74 Å². The van der Waals surface area contributed by atoms with Crippen molar-refractivity contribution in [3.63, 3.8) is 0 Å². The number of nitrogens with one attached hydrogen (secondary N) is 1. The van der Waals surface area contributed by atoms with Crippen molar-refractivity contribution in [2.75, 3.05) is 31.7 Å². The van der Waals surface area contributed by atoms with Gasteiger partial charge >= 0.3 is 0 Å². The van der Waals surface area contributed by atoms with Gasteiger partial charge in [0.25, 0.3) is 0 Å². The lowest BCUT2D eigenvalue weighted by Gasteiger charge is -2.34. The fraction of sp³-hybridized carbons (Fsp3) is 0.381. The summed E-state index contributed by atoms with van der Waals surface area (Å²) in [6.45, 7) is 9.60. The molecule has 2 aromatic heterocycles. The van der Waals surface area contributed by atoms with E-state index < -0.39 is 0 Å². The Kier molecular flexibility index (Phi) is 5.66. The molecule has 4 rings (SSSR count). The van der Waals surface area contributed by atoms with Crippen LogP contribution in [0.4, 0.5) is 5.82 Å². The third-order valence-corrected chi connectivity index (χ3v) is 6.34. The van der Waals surface area contributed by atoms with Gasteiger partial charge in [-0.15, -0.1) is 11.3 Å². The SMILES string of the molecule is C/C(=N/Nc1ncnc2sc(C)c(C)c12)[C@H](c1ccccc1)N1CCOCC1. The van der Waals surface area contributed by atoms with Crippen LogP contribution in [0.5, 0.6) is 0 Å². The molecule has 1 atom stereocenters. The van der Waals surface area contributed by atoms with Gasteiger partial charge in [-0.1, -0.05) is 30.3 Å². The summed E-state index contributed by atoms with van der Waals surface area (Å²) in [5.74, 6) is 0.764. The van der Waals surface area contributed by atoms with Crippen LogP contribution in [-0.2, 0) is 4.74 Å². The third kappa shape index (κ3) is 3.78. The van der Waals surface area contributed by atoms with E-state index in [2.05, 4.69) is 65.3 Å². The zero-order valence-electron chi connectivity index (χ0n) is 16.5. The smallest absolute Gasteiger partial charge is 0.158 e. The van der Waals surface area contributed by atoms with Crippen LogP contribution < -0.4 is 5.43 Å². The molecule has 1 N–H and O–H groups in total. The topological polar surface area (TPSA) is 62.6 Å².